The van der Waals surface area contributed by atoms with Gasteiger partial charge in [-0.2, -0.15) is 0 Å². The summed E-state index contributed by atoms with van der Waals surface area (Å²) in [5.74, 6) is 0.0322. The quantitative estimate of drug-likeness (QED) is 0.319. The molecule has 1 aliphatic heterocycles. The fourth-order valence-corrected chi connectivity index (χ4v) is 4.97. The molecule has 1 aliphatic rings. The predicted octanol–water partition coefficient (Wildman–Crippen LogP) is 5.32. The van der Waals surface area contributed by atoms with E-state index in [0.29, 0.717) is 61.6 Å². The van der Waals surface area contributed by atoms with Crippen molar-refractivity contribution in [1.29, 1.82) is 0 Å². The summed E-state index contributed by atoms with van der Waals surface area (Å²) >= 11 is 0. The van der Waals surface area contributed by atoms with E-state index in [1.807, 2.05) is 36.4 Å². The number of amides is 2. The van der Waals surface area contributed by atoms with Gasteiger partial charge in [-0.15, -0.1) is 0 Å². The lowest BCUT2D eigenvalue weighted by Gasteiger charge is -2.33. The Balaban J connectivity index is 1.41. The Bertz CT molecular complexity index is 1320. The Morgan fingerprint density at radius 3 is 2.27 bits per heavy atom. The van der Waals surface area contributed by atoms with Crippen LogP contribution in [0.3, 0.4) is 0 Å². The average Bonchev–Trinajstić information content (AvgIpc) is 3.01. The lowest BCUT2D eigenvalue weighted by Crippen LogP contribution is -2.43. The number of halogens is 1. The molecule has 0 aliphatic carbocycles. The van der Waals surface area contributed by atoms with Gasteiger partial charge in [0.2, 0.25) is 0 Å². The topological polar surface area (TPSA) is 88.2 Å². The molecule has 1 N–H and O–H groups in total. The third-order valence-corrected chi connectivity index (χ3v) is 7.26. The normalized spacial score (nSPS) is 13.8. The zero-order valence-electron chi connectivity index (χ0n) is 23.5. The van der Waals surface area contributed by atoms with Crippen molar-refractivity contribution in [1.82, 2.24) is 10.2 Å². The van der Waals surface area contributed by atoms with E-state index in [1.54, 1.807) is 43.2 Å². The van der Waals surface area contributed by atoms with Crippen LogP contribution < -0.4 is 15.0 Å². The summed E-state index contributed by atoms with van der Waals surface area (Å²) < 4.78 is 23.7. The number of nitrogens with one attached hydrogen (secondary N) is 1. The van der Waals surface area contributed by atoms with Crippen LogP contribution in [0.1, 0.15) is 46.0 Å². The molecule has 3 aromatic carbocycles. The molecule has 0 saturated carbocycles. The number of hydrogen-bond donors (Lipinski definition) is 1. The zero-order chi connectivity index (χ0) is 29.2. The van der Waals surface area contributed by atoms with Crippen LogP contribution in [0.15, 0.2) is 72.8 Å². The second kappa shape index (κ2) is 14.4. The summed E-state index contributed by atoms with van der Waals surface area (Å²) in [6.45, 7) is 4.85. The number of benzene rings is 3. The summed E-state index contributed by atoms with van der Waals surface area (Å²) in [5.41, 5.74) is 2.57. The molecular weight excluding hydrogens is 525 g/mol. The summed E-state index contributed by atoms with van der Waals surface area (Å²) in [4.78, 5) is 42.2. The molecule has 4 rings (SSSR count). The highest BCUT2D eigenvalue weighted by Gasteiger charge is 2.27. The van der Waals surface area contributed by atoms with Crippen LogP contribution in [0.25, 0.3) is 0 Å². The molecule has 9 heteroatoms. The fourth-order valence-electron chi connectivity index (χ4n) is 4.97. The van der Waals surface area contributed by atoms with E-state index in [9.17, 15) is 18.8 Å². The van der Waals surface area contributed by atoms with Gasteiger partial charge in [0.05, 0.1) is 19.4 Å². The molecule has 0 atom stereocenters. The molecule has 2 amide bonds. The van der Waals surface area contributed by atoms with Crippen molar-refractivity contribution in [2.24, 2.45) is 5.92 Å². The van der Waals surface area contributed by atoms with Crippen molar-refractivity contribution in [2.75, 3.05) is 44.8 Å². The highest BCUT2D eigenvalue weighted by molar-refractivity contribution is 6.07. The fraction of sp³-hybridized carbons (Fsp3) is 0.344. The van der Waals surface area contributed by atoms with Gasteiger partial charge < -0.3 is 24.6 Å². The minimum absolute atomic E-state index is 0.0522. The minimum atomic E-state index is -0.487. The zero-order valence-corrected chi connectivity index (χ0v) is 23.5. The Labute approximate surface area is 240 Å². The number of hydrogen-bond acceptors (Lipinski definition) is 6. The highest BCUT2D eigenvalue weighted by atomic mass is 19.1. The Morgan fingerprint density at radius 1 is 0.951 bits per heavy atom. The van der Waals surface area contributed by atoms with Crippen LogP contribution in [0.2, 0.25) is 0 Å². The largest absolute Gasteiger partial charge is 0.495 e. The first-order valence-corrected chi connectivity index (χ1v) is 13.9. The van der Waals surface area contributed by atoms with E-state index in [2.05, 4.69) is 10.2 Å². The maximum atomic E-state index is 13.8. The molecule has 3 aromatic rings. The number of ether oxygens (including phenoxy) is 2. The van der Waals surface area contributed by atoms with Crippen molar-refractivity contribution in [2.45, 2.75) is 26.3 Å². The van der Waals surface area contributed by atoms with Gasteiger partial charge in [0.1, 0.15) is 11.6 Å². The van der Waals surface area contributed by atoms with Crippen molar-refractivity contribution in [3.05, 3.63) is 95.3 Å². The van der Waals surface area contributed by atoms with Gasteiger partial charge in [-0.3, -0.25) is 9.59 Å². The number of methoxy groups -OCH3 is 1. The van der Waals surface area contributed by atoms with Crippen LogP contribution in [-0.2, 0) is 11.3 Å². The SMILES string of the molecule is CCOC(=O)NCc1ccc(C(=O)N(CCN2CCC(C(=O)c3ccc(F)cc3)CC2)c2ccccc2OC)cc1. The number of para-hydroxylation sites is 2. The van der Waals surface area contributed by atoms with Gasteiger partial charge in [-0.1, -0.05) is 24.3 Å². The van der Waals surface area contributed by atoms with E-state index in [4.69, 9.17) is 9.47 Å². The Hall–Kier alpha value is -4.24. The first-order valence-electron chi connectivity index (χ1n) is 13.9. The molecule has 216 valence electrons. The van der Waals surface area contributed by atoms with E-state index in [0.717, 1.165) is 18.7 Å². The molecule has 8 nitrogen and oxygen atoms in total. The van der Waals surface area contributed by atoms with Gasteiger partial charge in [0, 0.05) is 36.7 Å². The maximum absolute atomic E-state index is 13.8. The number of alkyl carbamates (subject to hydrolysis) is 1. The van der Waals surface area contributed by atoms with E-state index >= 15 is 0 Å². The van der Waals surface area contributed by atoms with Crippen molar-refractivity contribution >= 4 is 23.5 Å². The molecule has 0 radical (unpaired) electrons. The van der Waals surface area contributed by atoms with Crippen molar-refractivity contribution in [3.8, 4) is 5.75 Å². The molecule has 0 unspecified atom stereocenters. The third-order valence-electron chi connectivity index (χ3n) is 7.26. The molecule has 1 heterocycles. The standard InChI is InChI=1S/C32H36FN3O5/c1-3-41-32(39)34-22-23-8-10-26(11-9-23)31(38)36(28-6-4-5-7-29(28)40-2)21-20-35-18-16-25(17-19-35)30(37)24-12-14-27(33)15-13-24/h4-15,25H,3,16-22H2,1-2H3,(H,34,39). The number of carbonyl (C=O) groups is 3. The van der Waals surface area contributed by atoms with E-state index in [-0.39, 0.29) is 23.4 Å². The smallest absolute Gasteiger partial charge is 0.407 e. The second-order valence-corrected chi connectivity index (χ2v) is 9.89. The van der Waals surface area contributed by atoms with Gasteiger partial charge in [-0.05, 0) is 86.9 Å². The first kappa shape index (κ1) is 29.7. The molecule has 1 saturated heterocycles. The van der Waals surface area contributed by atoms with Crippen LogP contribution in [0.5, 0.6) is 5.75 Å². The molecule has 1 fully saturated rings. The number of anilines is 1. The van der Waals surface area contributed by atoms with Crippen LogP contribution in [-0.4, -0.2) is 62.6 Å². The number of Topliss-reactive ketones (excluding diaryl/α,β-unsaturated/α-hetero) is 1. The van der Waals surface area contributed by atoms with E-state index < -0.39 is 6.09 Å². The van der Waals surface area contributed by atoms with Crippen molar-refractivity contribution < 1.29 is 28.2 Å². The predicted molar refractivity (Wildman–Crippen MR) is 155 cm³/mol. The summed E-state index contributed by atoms with van der Waals surface area (Å²) in [5, 5.41) is 2.68. The minimum Gasteiger partial charge on any atom is -0.495 e. The number of carbonyl (C=O) groups excluding carboxylic acids is 3. The molecule has 41 heavy (non-hydrogen) atoms. The molecule has 0 spiro atoms. The monoisotopic (exact) mass is 561 g/mol. The first-order chi connectivity index (χ1) is 19.9. The third kappa shape index (κ3) is 7.91. The number of nitrogens with zero attached hydrogens (tertiary/aromatic N) is 2. The van der Waals surface area contributed by atoms with Gasteiger partial charge in [0.15, 0.2) is 5.78 Å². The number of rotatable bonds is 11. The molecular formula is C32H36FN3O5. The Morgan fingerprint density at radius 2 is 1.61 bits per heavy atom. The summed E-state index contributed by atoms with van der Waals surface area (Å²) in [6.07, 6.45) is 0.930. The number of likely N-dealkylation sites (tertiary alicyclic amines) is 1. The average molecular weight is 562 g/mol. The lowest BCUT2D eigenvalue weighted by atomic mass is 9.89. The van der Waals surface area contributed by atoms with Crippen LogP contribution in [0, 0.1) is 11.7 Å². The number of piperidine rings is 1. The number of ketones is 1. The maximum Gasteiger partial charge on any atom is 0.407 e. The van der Waals surface area contributed by atoms with Gasteiger partial charge in [0.25, 0.3) is 5.91 Å². The lowest BCUT2D eigenvalue weighted by molar-refractivity contribution is 0.0841. The van der Waals surface area contributed by atoms with Crippen LogP contribution >= 0.6 is 0 Å². The molecule has 0 bridgehead atoms. The molecule has 0 aromatic heterocycles. The Kier molecular flexibility index (Phi) is 10.5. The van der Waals surface area contributed by atoms with E-state index in [1.165, 1.54) is 12.1 Å². The summed E-state index contributed by atoms with van der Waals surface area (Å²) in [7, 11) is 1.58. The summed E-state index contributed by atoms with van der Waals surface area (Å²) in [6, 6.07) is 20.3. The highest BCUT2D eigenvalue weighted by Crippen LogP contribution is 2.29. The van der Waals surface area contributed by atoms with Crippen LogP contribution in [0.4, 0.5) is 14.9 Å². The van der Waals surface area contributed by atoms with Crippen molar-refractivity contribution in [3.63, 3.8) is 0 Å². The van der Waals surface area contributed by atoms with Gasteiger partial charge >= 0.3 is 6.09 Å². The second-order valence-electron chi connectivity index (χ2n) is 9.89. The van der Waals surface area contributed by atoms with Gasteiger partial charge in [-0.25, -0.2) is 9.18 Å².